The van der Waals surface area contributed by atoms with Gasteiger partial charge in [-0.05, 0) is 31.0 Å². The molecule has 1 aromatic carbocycles. The number of halogens is 1. The van der Waals surface area contributed by atoms with E-state index in [4.69, 9.17) is 5.73 Å². The number of benzene rings is 1. The van der Waals surface area contributed by atoms with Crippen molar-refractivity contribution in [2.45, 2.75) is 18.1 Å². The van der Waals surface area contributed by atoms with Crippen molar-refractivity contribution in [3.8, 4) is 0 Å². The Morgan fingerprint density at radius 3 is 2.79 bits per heavy atom. The summed E-state index contributed by atoms with van der Waals surface area (Å²) in [5.74, 6) is -0.835. The number of nitrogens with one attached hydrogen (secondary N) is 1. The highest BCUT2D eigenvalue weighted by Crippen LogP contribution is 2.19. The number of amides is 1. The molecule has 1 aromatic rings. The molecule has 1 fully saturated rings. The first-order chi connectivity index (χ1) is 8.90. The molecule has 0 radical (unpaired) electrons. The van der Waals surface area contributed by atoms with E-state index in [2.05, 4.69) is 5.32 Å². The molecule has 5 nitrogen and oxygen atoms in total. The molecule has 0 spiro atoms. The maximum atomic E-state index is 12.9. The fourth-order valence-electron chi connectivity index (χ4n) is 2.13. The predicted molar refractivity (Wildman–Crippen MR) is 70.0 cm³/mol. The Morgan fingerprint density at radius 1 is 1.47 bits per heavy atom. The van der Waals surface area contributed by atoms with Gasteiger partial charge in [-0.2, -0.15) is 0 Å². The van der Waals surface area contributed by atoms with Crippen LogP contribution in [0.2, 0.25) is 0 Å². The van der Waals surface area contributed by atoms with Gasteiger partial charge in [0.15, 0.2) is 9.84 Å². The number of nitrogens with two attached hydrogens (primary N) is 1. The van der Waals surface area contributed by atoms with E-state index in [-0.39, 0.29) is 23.5 Å². The predicted octanol–water partition coefficient (Wildman–Crippen LogP) is 0.715. The van der Waals surface area contributed by atoms with Crippen molar-refractivity contribution < 1.29 is 17.6 Å². The molecule has 0 aliphatic carbocycles. The maximum absolute atomic E-state index is 12.9. The summed E-state index contributed by atoms with van der Waals surface area (Å²) in [6.07, 6.45) is 1.18. The number of hydrogen-bond donors (Lipinski definition) is 2. The zero-order valence-electron chi connectivity index (χ0n) is 10.2. The summed E-state index contributed by atoms with van der Waals surface area (Å²) in [7, 11) is -3.09. The van der Waals surface area contributed by atoms with Crippen LogP contribution >= 0.6 is 0 Å². The largest absolute Gasteiger partial charge is 0.398 e. The van der Waals surface area contributed by atoms with Crippen LogP contribution in [0.5, 0.6) is 0 Å². The summed E-state index contributed by atoms with van der Waals surface area (Å²) < 4.78 is 36.0. The molecule has 1 unspecified atom stereocenters. The smallest absolute Gasteiger partial charge is 0.253 e. The molecule has 1 aliphatic heterocycles. The fourth-order valence-corrected chi connectivity index (χ4v) is 3.89. The second kappa shape index (κ2) is 5.16. The molecule has 1 saturated heterocycles. The van der Waals surface area contributed by atoms with Crippen molar-refractivity contribution >= 4 is 21.4 Å². The number of anilines is 1. The molecule has 7 heteroatoms. The Balaban J connectivity index is 2.02. The quantitative estimate of drug-likeness (QED) is 0.801. The maximum Gasteiger partial charge on any atom is 0.253 e. The molecule has 1 heterocycles. The molecule has 1 amide bonds. The number of rotatable bonds is 3. The van der Waals surface area contributed by atoms with Crippen molar-refractivity contribution in [3.63, 3.8) is 0 Å². The lowest BCUT2D eigenvalue weighted by Crippen LogP contribution is -2.34. The van der Waals surface area contributed by atoms with Gasteiger partial charge in [-0.25, -0.2) is 12.8 Å². The van der Waals surface area contributed by atoms with Crippen LogP contribution in [0, 0.1) is 5.82 Å². The zero-order chi connectivity index (χ0) is 14.0. The summed E-state index contributed by atoms with van der Waals surface area (Å²) in [4.78, 5) is 11.8. The van der Waals surface area contributed by atoms with Crippen LogP contribution < -0.4 is 11.1 Å². The van der Waals surface area contributed by atoms with Crippen molar-refractivity contribution in [3.05, 3.63) is 29.6 Å². The van der Waals surface area contributed by atoms with Crippen LogP contribution in [0.3, 0.4) is 0 Å². The first kappa shape index (κ1) is 13.8. The van der Waals surface area contributed by atoms with Gasteiger partial charge in [0.2, 0.25) is 0 Å². The minimum absolute atomic E-state index is 0.0341. The minimum atomic E-state index is -3.09. The number of carbonyl (C=O) groups excluding carboxylic acids is 1. The van der Waals surface area contributed by atoms with Crippen LogP contribution in [0.4, 0.5) is 10.1 Å². The average molecular weight is 286 g/mol. The lowest BCUT2D eigenvalue weighted by atomic mass is 10.1. The molecule has 1 aliphatic rings. The van der Waals surface area contributed by atoms with E-state index in [0.29, 0.717) is 12.8 Å². The number of carbonyl (C=O) groups is 1. The second-order valence-corrected chi connectivity index (χ2v) is 6.97. The SMILES string of the molecule is Nc1cc(F)ccc1C(=O)NCC1CCCS1(=O)=O. The van der Waals surface area contributed by atoms with Gasteiger partial charge in [-0.3, -0.25) is 4.79 Å². The monoisotopic (exact) mass is 286 g/mol. The van der Waals surface area contributed by atoms with Gasteiger partial charge >= 0.3 is 0 Å². The molecule has 3 N–H and O–H groups in total. The number of nitrogen functional groups attached to an aromatic ring is 1. The molecule has 1 atom stereocenters. The topological polar surface area (TPSA) is 89.3 Å². The summed E-state index contributed by atoms with van der Waals surface area (Å²) in [6, 6.07) is 3.47. The van der Waals surface area contributed by atoms with Gasteiger partial charge in [0, 0.05) is 12.2 Å². The van der Waals surface area contributed by atoms with Crippen LogP contribution in [-0.4, -0.2) is 31.9 Å². The number of sulfone groups is 1. The Hall–Kier alpha value is -1.63. The molecule has 0 saturated carbocycles. The lowest BCUT2D eigenvalue weighted by Gasteiger charge is -2.11. The van der Waals surface area contributed by atoms with E-state index in [1.165, 1.54) is 6.07 Å². The summed E-state index contributed by atoms with van der Waals surface area (Å²) in [5.41, 5.74) is 5.72. The third-order valence-electron chi connectivity index (χ3n) is 3.21. The first-order valence-corrected chi connectivity index (χ1v) is 7.66. The summed E-state index contributed by atoms with van der Waals surface area (Å²) in [6.45, 7) is 0.0674. The minimum Gasteiger partial charge on any atom is -0.398 e. The van der Waals surface area contributed by atoms with Gasteiger partial charge in [0.05, 0.1) is 16.6 Å². The first-order valence-electron chi connectivity index (χ1n) is 5.95. The molecule has 104 valence electrons. The third kappa shape index (κ3) is 3.04. The Bertz CT molecular complexity index is 601. The van der Waals surface area contributed by atoms with E-state index in [1.54, 1.807) is 0 Å². The molecule has 0 aromatic heterocycles. The normalized spacial score (nSPS) is 21.2. The van der Waals surface area contributed by atoms with E-state index in [1.807, 2.05) is 0 Å². The molecule has 0 bridgehead atoms. The average Bonchev–Trinajstić information content (AvgIpc) is 2.65. The van der Waals surface area contributed by atoms with E-state index < -0.39 is 26.8 Å². The van der Waals surface area contributed by atoms with E-state index >= 15 is 0 Å². The third-order valence-corrected chi connectivity index (χ3v) is 5.49. The van der Waals surface area contributed by atoms with Crippen molar-refractivity contribution in [2.75, 3.05) is 18.0 Å². The molecule has 19 heavy (non-hydrogen) atoms. The van der Waals surface area contributed by atoms with E-state index in [9.17, 15) is 17.6 Å². The Morgan fingerprint density at radius 2 is 2.21 bits per heavy atom. The highest BCUT2D eigenvalue weighted by atomic mass is 32.2. The van der Waals surface area contributed by atoms with Gasteiger partial charge in [0.25, 0.3) is 5.91 Å². The fraction of sp³-hybridized carbons (Fsp3) is 0.417. The molecular formula is C12H15FN2O3S. The molecular weight excluding hydrogens is 271 g/mol. The van der Waals surface area contributed by atoms with Gasteiger partial charge in [0.1, 0.15) is 5.82 Å². The second-order valence-electron chi connectivity index (χ2n) is 4.57. The van der Waals surface area contributed by atoms with Crippen LogP contribution in [0.25, 0.3) is 0 Å². The highest BCUT2D eigenvalue weighted by molar-refractivity contribution is 7.92. The summed E-state index contributed by atoms with van der Waals surface area (Å²) in [5, 5.41) is 2.01. The zero-order valence-corrected chi connectivity index (χ0v) is 11.0. The Kier molecular flexibility index (Phi) is 3.75. The standard InChI is InChI=1S/C12H15FN2O3S/c13-8-3-4-10(11(14)6-8)12(16)15-7-9-2-1-5-19(9,17)18/h3-4,6,9H,1-2,5,7,14H2,(H,15,16). The Labute approximate surface area is 110 Å². The van der Waals surface area contributed by atoms with Crippen molar-refractivity contribution in [1.82, 2.24) is 5.32 Å². The van der Waals surface area contributed by atoms with E-state index in [0.717, 1.165) is 12.1 Å². The van der Waals surface area contributed by atoms with Crippen molar-refractivity contribution in [1.29, 1.82) is 0 Å². The van der Waals surface area contributed by atoms with Crippen LogP contribution in [-0.2, 0) is 9.84 Å². The number of hydrogen-bond acceptors (Lipinski definition) is 4. The highest BCUT2D eigenvalue weighted by Gasteiger charge is 2.31. The van der Waals surface area contributed by atoms with Gasteiger partial charge < -0.3 is 11.1 Å². The van der Waals surface area contributed by atoms with Crippen molar-refractivity contribution in [2.24, 2.45) is 0 Å². The lowest BCUT2D eigenvalue weighted by molar-refractivity contribution is 0.0954. The van der Waals surface area contributed by atoms with Gasteiger partial charge in [-0.1, -0.05) is 0 Å². The summed E-state index contributed by atoms with van der Waals surface area (Å²) >= 11 is 0. The van der Waals surface area contributed by atoms with Gasteiger partial charge in [-0.15, -0.1) is 0 Å². The van der Waals surface area contributed by atoms with Crippen LogP contribution in [0.1, 0.15) is 23.2 Å². The van der Waals surface area contributed by atoms with Crippen LogP contribution in [0.15, 0.2) is 18.2 Å². The molecule has 2 rings (SSSR count).